The van der Waals surface area contributed by atoms with Gasteiger partial charge in [-0.2, -0.15) is 0 Å². The van der Waals surface area contributed by atoms with Crippen LogP contribution in [-0.4, -0.2) is 28.8 Å². The summed E-state index contributed by atoms with van der Waals surface area (Å²) in [5.41, 5.74) is 0.775. The van der Waals surface area contributed by atoms with Gasteiger partial charge >= 0.3 is 0 Å². The fourth-order valence-electron chi connectivity index (χ4n) is 3.01. The van der Waals surface area contributed by atoms with Crippen LogP contribution < -0.4 is 0 Å². The SMILES string of the molecule is O=S1(=O)CCCCC1c1ncc2n1CCCC2O. The number of rotatable bonds is 1. The van der Waals surface area contributed by atoms with Gasteiger partial charge in [-0.15, -0.1) is 0 Å². The smallest absolute Gasteiger partial charge is 0.160 e. The lowest BCUT2D eigenvalue weighted by Crippen LogP contribution is -2.26. The Morgan fingerprint density at radius 2 is 2.11 bits per heavy atom. The number of aliphatic hydroxyl groups excluding tert-OH is 1. The zero-order chi connectivity index (χ0) is 12.8. The molecule has 0 aliphatic carbocycles. The summed E-state index contributed by atoms with van der Waals surface area (Å²) < 4.78 is 26.2. The first kappa shape index (κ1) is 12.2. The number of hydrogen-bond donors (Lipinski definition) is 1. The molecule has 1 fully saturated rings. The molecule has 0 radical (unpaired) electrons. The zero-order valence-corrected chi connectivity index (χ0v) is 11.1. The van der Waals surface area contributed by atoms with Gasteiger partial charge in [-0.1, -0.05) is 6.42 Å². The first-order chi connectivity index (χ1) is 8.59. The van der Waals surface area contributed by atoms with E-state index in [0.29, 0.717) is 12.2 Å². The highest BCUT2D eigenvalue weighted by molar-refractivity contribution is 7.91. The average molecular weight is 270 g/mol. The first-order valence-corrected chi connectivity index (χ1v) is 8.26. The Balaban J connectivity index is 2.02. The minimum Gasteiger partial charge on any atom is -0.387 e. The summed E-state index contributed by atoms with van der Waals surface area (Å²) in [6, 6.07) is 0. The third-order valence-corrected chi connectivity index (χ3v) is 6.16. The molecule has 1 aromatic rings. The molecule has 2 unspecified atom stereocenters. The van der Waals surface area contributed by atoms with Crippen LogP contribution in [0.3, 0.4) is 0 Å². The molecule has 100 valence electrons. The van der Waals surface area contributed by atoms with Gasteiger partial charge in [0.25, 0.3) is 0 Å². The van der Waals surface area contributed by atoms with Crippen molar-refractivity contribution in [2.75, 3.05) is 5.75 Å². The molecular formula is C12H18N2O3S. The Kier molecular flexibility index (Phi) is 2.94. The second-order valence-electron chi connectivity index (χ2n) is 5.20. The van der Waals surface area contributed by atoms with Crippen LogP contribution in [0.4, 0.5) is 0 Å². The molecule has 2 atom stereocenters. The first-order valence-electron chi connectivity index (χ1n) is 6.54. The fourth-order valence-corrected chi connectivity index (χ4v) is 4.93. The highest BCUT2D eigenvalue weighted by Gasteiger charge is 2.35. The molecule has 0 saturated carbocycles. The summed E-state index contributed by atoms with van der Waals surface area (Å²) in [5, 5.41) is 9.43. The van der Waals surface area contributed by atoms with Gasteiger partial charge in [0, 0.05) is 6.54 Å². The van der Waals surface area contributed by atoms with Crippen LogP contribution in [0.2, 0.25) is 0 Å². The van der Waals surface area contributed by atoms with Crippen molar-refractivity contribution in [3.8, 4) is 0 Å². The maximum Gasteiger partial charge on any atom is 0.160 e. The van der Waals surface area contributed by atoms with E-state index in [9.17, 15) is 13.5 Å². The Morgan fingerprint density at radius 3 is 2.89 bits per heavy atom. The van der Waals surface area contributed by atoms with Crippen molar-refractivity contribution in [2.24, 2.45) is 0 Å². The molecule has 1 aromatic heterocycles. The molecule has 3 rings (SSSR count). The number of sulfone groups is 1. The quantitative estimate of drug-likeness (QED) is 0.836. The Hall–Kier alpha value is -0.880. The predicted molar refractivity (Wildman–Crippen MR) is 66.8 cm³/mol. The Morgan fingerprint density at radius 1 is 1.28 bits per heavy atom. The molecule has 2 aliphatic heterocycles. The average Bonchev–Trinajstić information content (AvgIpc) is 2.74. The van der Waals surface area contributed by atoms with Crippen molar-refractivity contribution >= 4 is 9.84 Å². The number of nitrogens with zero attached hydrogens (tertiary/aromatic N) is 2. The maximum absolute atomic E-state index is 12.1. The third-order valence-electron chi connectivity index (χ3n) is 3.98. The lowest BCUT2D eigenvalue weighted by atomic mass is 10.1. The molecule has 1 saturated heterocycles. The number of aromatic nitrogens is 2. The van der Waals surface area contributed by atoms with Crippen molar-refractivity contribution in [3.63, 3.8) is 0 Å². The van der Waals surface area contributed by atoms with Gasteiger partial charge in [0.15, 0.2) is 9.84 Å². The van der Waals surface area contributed by atoms with Crippen LogP contribution in [0, 0.1) is 0 Å². The number of hydrogen-bond acceptors (Lipinski definition) is 4. The van der Waals surface area contributed by atoms with Gasteiger partial charge in [-0.25, -0.2) is 13.4 Å². The monoisotopic (exact) mass is 270 g/mol. The van der Waals surface area contributed by atoms with Gasteiger partial charge in [-0.3, -0.25) is 0 Å². The van der Waals surface area contributed by atoms with Gasteiger partial charge in [0.05, 0.1) is 23.7 Å². The van der Waals surface area contributed by atoms with E-state index in [0.717, 1.165) is 37.9 Å². The predicted octanol–water partition coefficient (Wildman–Crippen LogP) is 1.35. The van der Waals surface area contributed by atoms with E-state index in [1.807, 2.05) is 4.57 Å². The van der Waals surface area contributed by atoms with Gasteiger partial charge in [0.1, 0.15) is 11.1 Å². The van der Waals surface area contributed by atoms with Crippen LogP contribution in [0.1, 0.15) is 55.0 Å². The van der Waals surface area contributed by atoms with Crippen LogP contribution in [-0.2, 0) is 16.4 Å². The summed E-state index contributed by atoms with van der Waals surface area (Å²) in [5.74, 6) is 0.908. The topological polar surface area (TPSA) is 72.2 Å². The number of fused-ring (bicyclic) bond motifs is 1. The van der Waals surface area contributed by atoms with Crippen molar-refractivity contribution in [3.05, 3.63) is 17.7 Å². The van der Waals surface area contributed by atoms with E-state index in [1.54, 1.807) is 6.20 Å². The zero-order valence-electron chi connectivity index (χ0n) is 10.2. The number of aliphatic hydroxyl groups is 1. The van der Waals surface area contributed by atoms with Gasteiger partial charge in [0.2, 0.25) is 0 Å². The molecule has 0 aromatic carbocycles. The highest BCUT2D eigenvalue weighted by atomic mass is 32.2. The molecule has 6 heteroatoms. The van der Waals surface area contributed by atoms with E-state index in [2.05, 4.69) is 4.98 Å². The number of imidazole rings is 1. The summed E-state index contributed by atoms with van der Waals surface area (Å²) in [6.45, 7) is 0.772. The van der Waals surface area contributed by atoms with E-state index in [4.69, 9.17) is 0 Å². The van der Waals surface area contributed by atoms with Crippen LogP contribution in [0.15, 0.2) is 6.20 Å². The summed E-state index contributed by atoms with van der Waals surface area (Å²) in [7, 11) is -3.06. The minimum absolute atomic E-state index is 0.266. The molecule has 18 heavy (non-hydrogen) atoms. The maximum atomic E-state index is 12.1. The molecule has 5 nitrogen and oxygen atoms in total. The van der Waals surface area contributed by atoms with E-state index in [1.165, 1.54) is 0 Å². The molecular weight excluding hydrogens is 252 g/mol. The van der Waals surface area contributed by atoms with Crippen molar-refractivity contribution in [2.45, 2.75) is 50.0 Å². The van der Waals surface area contributed by atoms with E-state index in [-0.39, 0.29) is 5.75 Å². The second-order valence-corrected chi connectivity index (χ2v) is 7.51. The van der Waals surface area contributed by atoms with Crippen LogP contribution >= 0.6 is 0 Å². The Bertz CT molecular complexity index is 550. The third kappa shape index (κ3) is 1.87. The Labute approximate surface area is 107 Å². The van der Waals surface area contributed by atoms with Crippen LogP contribution in [0.5, 0.6) is 0 Å². The largest absolute Gasteiger partial charge is 0.387 e. The van der Waals surface area contributed by atoms with Crippen molar-refractivity contribution < 1.29 is 13.5 Å². The van der Waals surface area contributed by atoms with Crippen molar-refractivity contribution in [1.82, 2.24) is 9.55 Å². The minimum atomic E-state index is -3.06. The summed E-state index contributed by atoms with van der Waals surface area (Å²) in [6.07, 6.45) is 5.13. The summed E-state index contributed by atoms with van der Waals surface area (Å²) >= 11 is 0. The molecule has 2 aliphatic rings. The standard InChI is InChI=1S/C12H18N2O3S/c15-10-4-3-6-14-9(10)8-13-12(14)11-5-1-2-7-18(11,16)17/h8,10-11,15H,1-7H2. The molecule has 0 spiro atoms. The summed E-state index contributed by atoms with van der Waals surface area (Å²) in [4.78, 5) is 4.29. The van der Waals surface area contributed by atoms with E-state index < -0.39 is 21.2 Å². The molecule has 0 bridgehead atoms. The lowest BCUT2D eigenvalue weighted by molar-refractivity contribution is 0.138. The van der Waals surface area contributed by atoms with E-state index >= 15 is 0 Å². The van der Waals surface area contributed by atoms with Gasteiger partial charge in [-0.05, 0) is 25.7 Å². The highest BCUT2D eigenvalue weighted by Crippen LogP contribution is 2.36. The van der Waals surface area contributed by atoms with Crippen molar-refractivity contribution in [1.29, 1.82) is 0 Å². The molecule has 0 amide bonds. The van der Waals surface area contributed by atoms with Crippen LogP contribution in [0.25, 0.3) is 0 Å². The van der Waals surface area contributed by atoms with Gasteiger partial charge < -0.3 is 9.67 Å². The fraction of sp³-hybridized carbons (Fsp3) is 0.750. The molecule has 1 N–H and O–H groups in total. The normalized spacial score (nSPS) is 30.9. The second kappa shape index (κ2) is 4.35. The lowest BCUT2D eigenvalue weighted by Gasteiger charge is -2.26. The molecule has 3 heterocycles.